The number of hydrogen-bond acceptors (Lipinski definition) is 6. The van der Waals surface area contributed by atoms with Crippen molar-refractivity contribution >= 4 is 17.9 Å². The predicted molar refractivity (Wildman–Crippen MR) is 270 cm³/mol. The molecule has 0 saturated heterocycles. The number of hydrogen-bond donors (Lipinski definition) is 0. The van der Waals surface area contributed by atoms with Gasteiger partial charge in [-0.25, -0.2) is 0 Å². The Morgan fingerprint density at radius 1 is 0.317 bits per heavy atom. The summed E-state index contributed by atoms with van der Waals surface area (Å²) < 4.78 is 16.8. The largest absolute Gasteiger partial charge is 0.462 e. The molecule has 0 rings (SSSR count). The SMILES string of the molecule is CCCCC/C=C\C/C=C\CCCCCCCC(=O)O[C@H](COC(=O)CCCCCCCCCCC/C=C\CCCCCCCC)COC(=O)CCCCCCCCCCCCC. The summed E-state index contributed by atoms with van der Waals surface area (Å²) >= 11 is 0. The average molecular weight is 885 g/mol. The van der Waals surface area contributed by atoms with E-state index in [1.54, 1.807) is 0 Å². The number of allylic oxidation sites excluding steroid dienone is 6. The molecule has 6 heteroatoms. The lowest BCUT2D eigenvalue weighted by Gasteiger charge is -2.18. The Labute approximate surface area is 391 Å². The van der Waals surface area contributed by atoms with Crippen LogP contribution in [-0.4, -0.2) is 37.2 Å². The zero-order valence-electron chi connectivity index (χ0n) is 42.1. The molecule has 0 bridgehead atoms. The highest BCUT2D eigenvalue weighted by atomic mass is 16.6. The first-order chi connectivity index (χ1) is 31.0. The van der Waals surface area contributed by atoms with Crippen LogP contribution in [0.2, 0.25) is 0 Å². The zero-order chi connectivity index (χ0) is 45.8. The van der Waals surface area contributed by atoms with Crippen LogP contribution in [0.1, 0.15) is 290 Å². The summed E-state index contributed by atoms with van der Waals surface area (Å²) in [6, 6.07) is 0. The third-order valence-corrected chi connectivity index (χ3v) is 12.1. The molecule has 1 atom stereocenters. The number of rotatable bonds is 50. The van der Waals surface area contributed by atoms with E-state index in [0.717, 1.165) is 83.5 Å². The Bertz CT molecular complexity index is 1060. The molecular formula is C57H104O6. The second kappa shape index (κ2) is 52.3. The van der Waals surface area contributed by atoms with E-state index in [-0.39, 0.29) is 31.1 Å². The van der Waals surface area contributed by atoms with Crippen LogP contribution in [0.4, 0.5) is 0 Å². The van der Waals surface area contributed by atoms with Gasteiger partial charge in [0.15, 0.2) is 6.10 Å². The van der Waals surface area contributed by atoms with Gasteiger partial charge in [-0.15, -0.1) is 0 Å². The summed E-state index contributed by atoms with van der Waals surface area (Å²) in [6.45, 7) is 6.62. The van der Waals surface area contributed by atoms with Crippen LogP contribution in [0, 0.1) is 0 Å². The molecule has 0 radical (unpaired) electrons. The van der Waals surface area contributed by atoms with Crippen molar-refractivity contribution in [1.29, 1.82) is 0 Å². The van der Waals surface area contributed by atoms with Crippen LogP contribution in [-0.2, 0) is 28.6 Å². The lowest BCUT2D eigenvalue weighted by molar-refractivity contribution is -0.167. The fourth-order valence-electron chi connectivity index (χ4n) is 7.94. The third kappa shape index (κ3) is 50.5. The minimum Gasteiger partial charge on any atom is -0.462 e. The van der Waals surface area contributed by atoms with Crippen molar-refractivity contribution in [3.63, 3.8) is 0 Å². The van der Waals surface area contributed by atoms with Gasteiger partial charge < -0.3 is 14.2 Å². The first-order valence-electron chi connectivity index (χ1n) is 27.5. The molecule has 0 aromatic heterocycles. The smallest absolute Gasteiger partial charge is 0.306 e. The normalized spacial score (nSPS) is 12.2. The van der Waals surface area contributed by atoms with Gasteiger partial charge in [0.1, 0.15) is 13.2 Å². The molecule has 0 aromatic rings. The maximum atomic E-state index is 12.8. The Balaban J connectivity index is 4.32. The minimum atomic E-state index is -0.776. The summed E-state index contributed by atoms with van der Waals surface area (Å²) in [5.74, 6) is -0.880. The number of carbonyl (C=O) groups is 3. The highest BCUT2D eigenvalue weighted by Crippen LogP contribution is 2.15. The number of esters is 3. The Kier molecular flexibility index (Phi) is 50.3. The maximum absolute atomic E-state index is 12.8. The number of ether oxygens (including phenoxy) is 3. The molecule has 0 aromatic carbocycles. The second-order valence-corrected chi connectivity index (χ2v) is 18.5. The van der Waals surface area contributed by atoms with Crippen LogP contribution in [0.15, 0.2) is 36.5 Å². The highest BCUT2D eigenvalue weighted by molar-refractivity contribution is 5.71. The standard InChI is InChI=1S/C57H104O6/c1-4-7-10-13-16-19-22-24-26-27-28-29-31-32-35-38-41-44-47-50-56(59)62-53-54(52-61-55(58)49-46-43-40-37-34-21-18-15-12-9-6-3)63-57(60)51-48-45-42-39-36-33-30-25-23-20-17-14-11-8-5-2/h17,20,24-26,30,54H,4-16,18-19,21-23,27-29,31-53H2,1-3H3/b20-17-,26-24-,30-25-/t54-/m0/s1. The topological polar surface area (TPSA) is 78.9 Å². The van der Waals surface area contributed by atoms with Crippen LogP contribution < -0.4 is 0 Å². The van der Waals surface area contributed by atoms with E-state index in [1.165, 1.54) is 167 Å². The first kappa shape index (κ1) is 60.6. The molecule has 0 heterocycles. The van der Waals surface area contributed by atoms with Gasteiger partial charge in [0.2, 0.25) is 0 Å². The van der Waals surface area contributed by atoms with E-state index in [0.29, 0.717) is 19.3 Å². The van der Waals surface area contributed by atoms with Gasteiger partial charge in [0, 0.05) is 19.3 Å². The van der Waals surface area contributed by atoms with E-state index < -0.39 is 6.10 Å². The fraction of sp³-hybridized carbons (Fsp3) is 0.842. The van der Waals surface area contributed by atoms with Gasteiger partial charge in [0.05, 0.1) is 0 Å². The van der Waals surface area contributed by atoms with Crippen molar-refractivity contribution in [1.82, 2.24) is 0 Å². The van der Waals surface area contributed by atoms with Crippen molar-refractivity contribution in [2.75, 3.05) is 13.2 Å². The van der Waals surface area contributed by atoms with Crippen LogP contribution >= 0.6 is 0 Å². The third-order valence-electron chi connectivity index (χ3n) is 12.1. The average Bonchev–Trinajstić information content (AvgIpc) is 3.28. The summed E-state index contributed by atoms with van der Waals surface area (Å²) in [5.41, 5.74) is 0. The highest BCUT2D eigenvalue weighted by Gasteiger charge is 2.19. The van der Waals surface area contributed by atoms with Gasteiger partial charge in [0.25, 0.3) is 0 Å². The molecule has 0 saturated carbocycles. The Hall–Kier alpha value is -2.37. The van der Waals surface area contributed by atoms with E-state index in [9.17, 15) is 14.4 Å². The van der Waals surface area contributed by atoms with Crippen molar-refractivity contribution in [2.45, 2.75) is 297 Å². The molecule has 63 heavy (non-hydrogen) atoms. The number of carbonyl (C=O) groups excluding carboxylic acids is 3. The van der Waals surface area contributed by atoms with E-state index in [1.807, 2.05) is 0 Å². The predicted octanol–water partition coefficient (Wildman–Crippen LogP) is 18.1. The summed E-state index contributed by atoms with van der Waals surface area (Å²) in [5, 5.41) is 0. The van der Waals surface area contributed by atoms with E-state index in [4.69, 9.17) is 14.2 Å². The molecule has 0 aliphatic carbocycles. The molecule has 0 aliphatic rings. The zero-order valence-corrected chi connectivity index (χ0v) is 42.1. The Morgan fingerprint density at radius 3 is 0.921 bits per heavy atom. The van der Waals surface area contributed by atoms with Gasteiger partial charge >= 0.3 is 17.9 Å². The maximum Gasteiger partial charge on any atom is 0.306 e. The minimum absolute atomic E-state index is 0.0754. The molecule has 0 fully saturated rings. The van der Waals surface area contributed by atoms with Gasteiger partial charge in [-0.1, -0.05) is 231 Å². The first-order valence-corrected chi connectivity index (χ1v) is 27.5. The summed E-state index contributed by atoms with van der Waals surface area (Å²) in [7, 11) is 0. The van der Waals surface area contributed by atoms with Gasteiger partial charge in [-0.2, -0.15) is 0 Å². The van der Waals surface area contributed by atoms with E-state index >= 15 is 0 Å². The lowest BCUT2D eigenvalue weighted by atomic mass is 10.1. The molecule has 368 valence electrons. The lowest BCUT2D eigenvalue weighted by Crippen LogP contribution is -2.30. The fourth-order valence-corrected chi connectivity index (χ4v) is 7.94. The summed E-state index contributed by atoms with van der Waals surface area (Å²) in [6.07, 6.45) is 61.3. The number of unbranched alkanes of at least 4 members (excludes halogenated alkanes) is 33. The van der Waals surface area contributed by atoms with Crippen LogP contribution in [0.3, 0.4) is 0 Å². The molecule has 0 unspecified atom stereocenters. The second-order valence-electron chi connectivity index (χ2n) is 18.5. The molecule has 0 aliphatic heterocycles. The van der Waals surface area contributed by atoms with Gasteiger partial charge in [-0.05, 0) is 77.0 Å². The summed E-state index contributed by atoms with van der Waals surface area (Å²) in [4.78, 5) is 38.0. The molecule has 0 amide bonds. The molecular weight excluding hydrogens is 781 g/mol. The van der Waals surface area contributed by atoms with Crippen LogP contribution in [0.25, 0.3) is 0 Å². The van der Waals surface area contributed by atoms with Crippen molar-refractivity contribution < 1.29 is 28.6 Å². The Morgan fingerprint density at radius 2 is 0.571 bits per heavy atom. The monoisotopic (exact) mass is 885 g/mol. The van der Waals surface area contributed by atoms with Crippen molar-refractivity contribution in [3.05, 3.63) is 36.5 Å². The molecule has 6 nitrogen and oxygen atoms in total. The molecule has 0 N–H and O–H groups in total. The van der Waals surface area contributed by atoms with E-state index in [2.05, 4.69) is 57.2 Å². The molecule has 0 spiro atoms. The van der Waals surface area contributed by atoms with Crippen molar-refractivity contribution in [3.8, 4) is 0 Å². The van der Waals surface area contributed by atoms with Gasteiger partial charge in [-0.3, -0.25) is 14.4 Å². The van der Waals surface area contributed by atoms with Crippen LogP contribution in [0.5, 0.6) is 0 Å². The van der Waals surface area contributed by atoms with Crippen molar-refractivity contribution in [2.24, 2.45) is 0 Å². The quantitative estimate of drug-likeness (QED) is 0.0262.